The maximum atomic E-state index is 10.8. The molecule has 6 nitrogen and oxygen atoms in total. The number of carbonyl (C=O) groups excluding carboxylic acids is 2. The van der Waals surface area contributed by atoms with E-state index in [0.717, 1.165) is 0 Å². The molecule has 0 aromatic heterocycles. The smallest absolute Gasteiger partial charge is 0.322 e. The van der Waals surface area contributed by atoms with Crippen molar-refractivity contribution in [3.05, 3.63) is 0 Å². The van der Waals surface area contributed by atoms with Crippen molar-refractivity contribution in [2.45, 2.75) is 6.42 Å². The number of amides is 2. The summed E-state index contributed by atoms with van der Waals surface area (Å²) >= 11 is 0. The zero-order valence-electron chi connectivity index (χ0n) is 7.37. The van der Waals surface area contributed by atoms with Gasteiger partial charge >= 0.3 is 5.97 Å². The molecule has 6 heteroatoms. The Kier molecular flexibility index (Phi) is 5.54. The highest BCUT2D eigenvalue weighted by atomic mass is 16.4. The summed E-state index contributed by atoms with van der Waals surface area (Å²) < 4.78 is 0. The first-order chi connectivity index (χ1) is 6.56. The van der Waals surface area contributed by atoms with Gasteiger partial charge in [0.15, 0.2) is 0 Å². The largest absolute Gasteiger partial charge is 0.480 e. The average molecular weight is 198 g/mol. The first kappa shape index (κ1) is 12.0. The summed E-state index contributed by atoms with van der Waals surface area (Å²) in [5.74, 6) is -0.0594. The minimum absolute atomic E-state index is 0.105. The normalized spacial score (nSPS) is 8.50. The third-order valence-corrected chi connectivity index (χ3v) is 1.15. The zero-order valence-corrected chi connectivity index (χ0v) is 7.37. The number of nitrogens with one attached hydrogen (secondary N) is 2. The van der Waals surface area contributed by atoms with Gasteiger partial charge in [-0.15, -0.1) is 6.42 Å². The second-order valence-electron chi connectivity index (χ2n) is 2.33. The van der Waals surface area contributed by atoms with E-state index in [1.54, 1.807) is 0 Å². The van der Waals surface area contributed by atoms with Crippen LogP contribution in [0.1, 0.15) is 6.42 Å². The number of terminal acetylenes is 1. The topological polar surface area (TPSA) is 95.5 Å². The maximum Gasteiger partial charge on any atom is 0.322 e. The van der Waals surface area contributed by atoms with Gasteiger partial charge in [-0.2, -0.15) is 0 Å². The number of carboxylic acid groups (broad SMARTS) is 1. The quantitative estimate of drug-likeness (QED) is 0.460. The molecule has 0 aromatic rings. The molecule has 14 heavy (non-hydrogen) atoms. The first-order valence-corrected chi connectivity index (χ1v) is 3.75. The fourth-order valence-corrected chi connectivity index (χ4v) is 0.571. The van der Waals surface area contributed by atoms with Gasteiger partial charge in [0.05, 0.1) is 13.0 Å². The van der Waals surface area contributed by atoms with E-state index in [0.29, 0.717) is 0 Å². The predicted octanol–water partition coefficient (Wildman–Crippen LogP) is -1.67. The monoisotopic (exact) mass is 198 g/mol. The van der Waals surface area contributed by atoms with Crippen molar-refractivity contribution in [2.75, 3.05) is 13.1 Å². The molecule has 0 aliphatic heterocycles. The van der Waals surface area contributed by atoms with Crippen LogP contribution in [0.3, 0.4) is 0 Å². The molecule has 0 heterocycles. The number of carbonyl (C=O) groups is 3. The van der Waals surface area contributed by atoms with Gasteiger partial charge in [0, 0.05) is 0 Å². The molecule has 0 aliphatic carbocycles. The summed E-state index contributed by atoms with van der Waals surface area (Å²) in [6, 6.07) is 0. The van der Waals surface area contributed by atoms with Gasteiger partial charge in [0.2, 0.25) is 11.8 Å². The Hall–Kier alpha value is -2.03. The molecule has 0 fully saturated rings. The van der Waals surface area contributed by atoms with Crippen LogP contribution < -0.4 is 10.6 Å². The van der Waals surface area contributed by atoms with E-state index in [4.69, 9.17) is 11.5 Å². The van der Waals surface area contributed by atoms with Gasteiger partial charge in [0.1, 0.15) is 6.54 Å². The molecule has 0 atom stereocenters. The number of carboxylic acids is 1. The maximum absolute atomic E-state index is 10.8. The van der Waals surface area contributed by atoms with Crippen LogP contribution >= 0.6 is 0 Å². The summed E-state index contributed by atoms with van der Waals surface area (Å²) in [5, 5.41) is 12.5. The van der Waals surface area contributed by atoms with Gasteiger partial charge in [-0.1, -0.05) is 5.92 Å². The Morgan fingerprint density at radius 2 is 1.71 bits per heavy atom. The number of hydrogen-bond acceptors (Lipinski definition) is 3. The lowest BCUT2D eigenvalue weighted by Gasteiger charge is -2.02. The zero-order chi connectivity index (χ0) is 11.0. The van der Waals surface area contributed by atoms with Crippen molar-refractivity contribution in [2.24, 2.45) is 0 Å². The summed E-state index contributed by atoms with van der Waals surface area (Å²) in [6.45, 7) is -0.738. The molecule has 0 unspecified atom stereocenters. The van der Waals surface area contributed by atoms with Crippen molar-refractivity contribution < 1.29 is 19.5 Å². The van der Waals surface area contributed by atoms with E-state index < -0.39 is 24.3 Å². The van der Waals surface area contributed by atoms with E-state index in [-0.39, 0.29) is 13.0 Å². The van der Waals surface area contributed by atoms with E-state index >= 15 is 0 Å². The second kappa shape index (κ2) is 6.48. The van der Waals surface area contributed by atoms with Crippen LogP contribution in [-0.2, 0) is 14.4 Å². The lowest BCUT2D eigenvalue weighted by Crippen LogP contribution is -2.38. The van der Waals surface area contributed by atoms with Crippen LogP contribution in [0.4, 0.5) is 0 Å². The molecule has 76 valence electrons. The van der Waals surface area contributed by atoms with Crippen molar-refractivity contribution in [1.29, 1.82) is 0 Å². The average Bonchev–Trinajstić information content (AvgIpc) is 2.12. The SMILES string of the molecule is C#CCC(=O)NCC(=O)NCC(=O)O. The molecule has 0 radical (unpaired) electrons. The van der Waals surface area contributed by atoms with E-state index in [1.807, 2.05) is 0 Å². The van der Waals surface area contributed by atoms with Crippen LogP contribution in [0.15, 0.2) is 0 Å². The molecule has 0 aliphatic rings. The molecular weight excluding hydrogens is 188 g/mol. The van der Waals surface area contributed by atoms with Crippen molar-refractivity contribution >= 4 is 17.8 Å². The number of rotatable bonds is 5. The minimum atomic E-state index is -1.15. The highest BCUT2D eigenvalue weighted by Gasteiger charge is 2.05. The predicted molar refractivity (Wildman–Crippen MR) is 47.1 cm³/mol. The lowest BCUT2D eigenvalue weighted by atomic mass is 10.4. The van der Waals surface area contributed by atoms with Crippen molar-refractivity contribution in [3.63, 3.8) is 0 Å². The Morgan fingerprint density at radius 3 is 2.21 bits per heavy atom. The summed E-state index contributed by atoms with van der Waals surface area (Å²) in [6.07, 6.45) is 4.74. The van der Waals surface area contributed by atoms with Crippen LogP contribution in [0.25, 0.3) is 0 Å². The molecule has 0 rings (SSSR count). The van der Waals surface area contributed by atoms with Gasteiger partial charge in [-0.25, -0.2) is 0 Å². The van der Waals surface area contributed by atoms with Gasteiger partial charge in [0.25, 0.3) is 0 Å². The van der Waals surface area contributed by atoms with E-state index in [1.165, 1.54) is 0 Å². The highest BCUT2D eigenvalue weighted by Crippen LogP contribution is 1.74. The van der Waals surface area contributed by atoms with Crippen LogP contribution in [0.5, 0.6) is 0 Å². The van der Waals surface area contributed by atoms with E-state index in [9.17, 15) is 14.4 Å². The van der Waals surface area contributed by atoms with Crippen molar-refractivity contribution in [3.8, 4) is 12.3 Å². The minimum Gasteiger partial charge on any atom is -0.480 e. The third kappa shape index (κ3) is 6.67. The lowest BCUT2D eigenvalue weighted by molar-refractivity contribution is -0.137. The summed E-state index contributed by atoms with van der Waals surface area (Å²) in [5.41, 5.74) is 0. The molecule has 0 bridgehead atoms. The number of hydrogen-bond donors (Lipinski definition) is 3. The molecule has 0 aromatic carbocycles. The Morgan fingerprint density at radius 1 is 1.14 bits per heavy atom. The second-order valence-corrected chi connectivity index (χ2v) is 2.33. The highest BCUT2D eigenvalue weighted by molar-refractivity contribution is 5.87. The van der Waals surface area contributed by atoms with Crippen LogP contribution in [0, 0.1) is 12.3 Å². The third-order valence-electron chi connectivity index (χ3n) is 1.15. The fraction of sp³-hybridized carbons (Fsp3) is 0.375. The molecule has 3 N–H and O–H groups in total. The van der Waals surface area contributed by atoms with Gasteiger partial charge < -0.3 is 15.7 Å². The van der Waals surface area contributed by atoms with Gasteiger partial charge in [-0.3, -0.25) is 14.4 Å². The molecule has 0 spiro atoms. The molecule has 0 saturated carbocycles. The molecular formula is C8H10N2O4. The Labute approximate surface area is 80.7 Å². The summed E-state index contributed by atoms with van der Waals surface area (Å²) in [4.78, 5) is 31.6. The first-order valence-electron chi connectivity index (χ1n) is 3.75. The number of aliphatic carboxylic acids is 1. The fourth-order valence-electron chi connectivity index (χ4n) is 0.571. The van der Waals surface area contributed by atoms with Crippen LogP contribution in [0.2, 0.25) is 0 Å². The summed E-state index contributed by atoms with van der Waals surface area (Å²) in [7, 11) is 0. The molecule has 0 saturated heterocycles. The molecule has 2 amide bonds. The van der Waals surface area contributed by atoms with Crippen LogP contribution in [-0.4, -0.2) is 36.0 Å². The standard InChI is InChI=1S/C8H10N2O4/c1-2-3-6(11)9-4-7(12)10-5-8(13)14/h1H,3-5H2,(H,9,11)(H,10,12)(H,13,14). The Bertz CT molecular complexity index is 280. The van der Waals surface area contributed by atoms with E-state index in [2.05, 4.69) is 16.6 Å². The van der Waals surface area contributed by atoms with Crippen molar-refractivity contribution in [1.82, 2.24) is 10.6 Å². The van der Waals surface area contributed by atoms with Gasteiger partial charge in [-0.05, 0) is 0 Å². The Balaban J connectivity index is 3.59.